The maximum Gasteiger partial charge on any atom is 0.410 e. The van der Waals surface area contributed by atoms with Gasteiger partial charge in [-0.15, -0.1) is 0 Å². The number of hydrogen-bond acceptors (Lipinski definition) is 6. The first kappa shape index (κ1) is 25.7. The summed E-state index contributed by atoms with van der Waals surface area (Å²) in [6.45, 7) is 6.62. The molecule has 1 aliphatic rings. The van der Waals surface area contributed by atoms with Gasteiger partial charge in [0.1, 0.15) is 23.2 Å². The Labute approximate surface area is 215 Å². The lowest BCUT2D eigenvalue weighted by molar-refractivity contribution is 0.0123. The van der Waals surface area contributed by atoms with Crippen molar-refractivity contribution < 1.29 is 18.7 Å². The summed E-state index contributed by atoms with van der Waals surface area (Å²) in [6, 6.07) is 13.4. The fourth-order valence-corrected chi connectivity index (χ4v) is 4.05. The second-order valence-corrected chi connectivity index (χ2v) is 10.1. The molecule has 1 saturated heterocycles. The lowest BCUT2D eigenvalue weighted by Gasteiger charge is -2.33. The molecule has 2 aromatic carbocycles. The number of ether oxygens (including phenoxy) is 2. The quantitative estimate of drug-likeness (QED) is 0.425. The number of nitrogens with zero attached hydrogens (tertiary/aromatic N) is 3. The first-order chi connectivity index (χ1) is 17.1. The van der Waals surface area contributed by atoms with Crippen molar-refractivity contribution in [3.8, 4) is 28.4 Å². The molecule has 1 aromatic heterocycles. The number of anilines is 1. The highest BCUT2D eigenvalue weighted by molar-refractivity contribution is 6.30. The van der Waals surface area contributed by atoms with Crippen LogP contribution in [0.3, 0.4) is 0 Å². The van der Waals surface area contributed by atoms with Crippen molar-refractivity contribution >= 4 is 23.5 Å². The van der Waals surface area contributed by atoms with E-state index in [0.717, 1.165) is 11.1 Å². The van der Waals surface area contributed by atoms with Crippen LogP contribution in [0.1, 0.15) is 33.6 Å². The first-order valence-corrected chi connectivity index (χ1v) is 12.3. The first-order valence-electron chi connectivity index (χ1n) is 11.9. The van der Waals surface area contributed by atoms with Crippen LogP contribution in [0.5, 0.6) is 5.88 Å². The van der Waals surface area contributed by atoms with Gasteiger partial charge in [-0.1, -0.05) is 23.7 Å². The summed E-state index contributed by atoms with van der Waals surface area (Å²) in [5.41, 5.74) is 2.18. The van der Waals surface area contributed by atoms with Gasteiger partial charge >= 0.3 is 6.09 Å². The summed E-state index contributed by atoms with van der Waals surface area (Å²) in [6.07, 6.45) is 0.824. The summed E-state index contributed by atoms with van der Waals surface area (Å²) in [5.74, 6) is 0.511. The van der Waals surface area contributed by atoms with Crippen molar-refractivity contribution in [2.75, 3.05) is 25.5 Å². The maximum absolute atomic E-state index is 13.6. The van der Waals surface area contributed by atoms with Gasteiger partial charge in [-0.3, -0.25) is 0 Å². The van der Waals surface area contributed by atoms with Gasteiger partial charge in [0.05, 0.1) is 5.69 Å². The number of rotatable bonds is 5. The zero-order chi connectivity index (χ0) is 25.9. The minimum atomic E-state index is -0.536. The van der Waals surface area contributed by atoms with Crippen LogP contribution in [0, 0.1) is 5.82 Å². The molecule has 0 aliphatic carbocycles. The normalized spacial score (nSPS) is 14.4. The summed E-state index contributed by atoms with van der Waals surface area (Å²) >= 11 is 6.10. The van der Waals surface area contributed by atoms with Gasteiger partial charge in [0.15, 0.2) is 5.82 Å². The zero-order valence-electron chi connectivity index (χ0n) is 20.8. The van der Waals surface area contributed by atoms with Crippen molar-refractivity contribution in [2.24, 2.45) is 0 Å². The van der Waals surface area contributed by atoms with Crippen LogP contribution in [0.25, 0.3) is 22.5 Å². The molecule has 1 fully saturated rings. The number of aromatic nitrogens is 2. The fraction of sp³-hybridized carbons (Fsp3) is 0.370. The van der Waals surface area contributed by atoms with Crippen LogP contribution in [-0.2, 0) is 4.74 Å². The smallest absolute Gasteiger partial charge is 0.410 e. The van der Waals surface area contributed by atoms with Gasteiger partial charge in [0, 0.05) is 49.1 Å². The minimum absolute atomic E-state index is 0.139. The predicted octanol–water partition coefficient (Wildman–Crippen LogP) is 6.42. The van der Waals surface area contributed by atoms with Crippen molar-refractivity contribution in [3.05, 3.63) is 59.4 Å². The van der Waals surface area contributed by atoms with E-state index in [-0.39, 0.29) is 18.0 Å². The van der Waals surface area contributed by atoms with E-state index in [9.17, 15) is 9.18 Å². The van der Waals surface area contributed by atoms with Gasteiger partial charge in [-0.2, -0.15) is 0 Å². The van der Waals surface area contributed by atoms with Crippen molar-refractivity contribution in [2.45, 2.75) is 45.3 Å². The Morgan fingerprint density at radius 3 is 2.11 bits per heavy atom. The summed E-state index contributed by atoms with van der Waals surface area (Å²) < 4.78 is 25.4. The molecule has 0 atom stereocenters. The van der Waals surface area contributed by atoms with Gasteiger partial charge in [-0.25, -0.2) is 19.2 Å². The molecule has 1 aliphatic heterocycles. The molecule has 0 spiro atoms. The Balaban J connectivity index is 1.61. The molecule has 7 nitrogen and oxygen atoms in total. The molecule has 0 radical (unpaired) electrons. The molecular weight excluding hydrogens is 483 g/mol. The fourth-order valence-electron chi connectivity index (χ4n) is 3.92. The van der Waals surface area contributed by atoms with E-state index in [1.54, 1.807) is 36.2 Å². The van der Waals surface area contributed by atoms with E-state index in [2.05, 4.69) is 5.32 Å². The van der Waals surface area contributed by atoms with E-state index < -0.39 is 5.60 Å². The number of carbonyl (C=O) groups excluding carboxylic acids is 1. The molecule has 1 amide bonds. The molecule has 9 heteroatoms. The molecule has 36 heavy (non-hydrogen) atoms. The molecule has 2 heterocycles. The van der Waals surface area contributed by atoms with Gasteiger partial charge < -0.3 is 19.7 Å². The molecule has 0 bridgehead atoms. The van der Waals surface area contributed by atoms with E-state index in [0.29, 0.717) is 54.0 Å². The van der Waals surface area contributed by atoms with Crippen molar-refractivity contribution in [1.29, 1.82) is 0 Å². The number of piperidine rings is 1. The highest BCUT2D eigenvalue weighted by Gasteiger charge is 2.29. The third-order valence-corrected chi connectivity index (χ3v) is 5.96. The Bertz CT molecular complexity index is 1210. The predicted molar refractivity (Wildman–Crippen MR) is 139 cm³/mol. The molecule has 1 N–H and O–H groups in total. The number of halogens is 2. The minimum Gasteiger partial charge on any atom is -0.472 e. The van der Waals surface area contributed by atoms with Gasteiger partial charge in [0.25, 0.3) is 5.88 Å². The van der Waals surface area contributed by atoms with Crippen molar-refractivity contribution in [1.82, 2.24) is 14.9 Å². The Morgan fingerprint density at radius 1 is 1.00 bits per heavy atom. The summed E-state index contributed by atoms with van der Waals surface area (Å²) in [5, 5.41) is 3.68. The maximum atomic E-state index is 13.6. The second-order valence-electron chi connectivity index (χ2n) is 9.62. The highest BCUT2D eigenvalue weighted by atomic mass is 35.5. The number of hydrogen-bond donors (Lipinski definition) is 1. The lowest BCUT2D eigenvalue weighted by Crippen LogP contribution is -2.44. The van der Waals surface area contributed by atoms with Crippen LogP contribution in [0.2, 0.25) is 5.02 Å². The van der Waals surface area contributed by atoms with Gasteiger partial charge in [-0.05, 0) is 57.2 Å². The van der Waals surface area contributed by atoms with Crippen LogP contribution >= 0.6 is 11.6 Å². The monoisotopic (exact) mass is 512 g/mol. The number of amides is 1. The molecule has 0 saturated carbocycles. The SMILES string of the molecule is CNc1nc(-c2ccc(F)cc2)c(-c2ccc(Cl)cc2)nc1OC1CCN(C(=O)OC(C)(C)C)CC1. The number of benzene rings is 2. The average molecular weight is 513 g/mol. The third kappa shape index (κ3) is 6.23. The van der Waals surface area contributed by atoms with Crippen LogP contribution in [0.4, 0.5) is 15.0 Å². The van der Waals surface area contributed by atoms with Gasteiger partial charge in [0.2, 0.25) is 0 Å². The summed E-state index contributed by atoms with van der Waals surface area (Å²) in [7, 11) is 1.75. The van der Waals surface area contributed by atoms with E-state index in [1.165, 1.54) is 12.1 Å². The number of carbonyl (C=O) groups is 1. The Kier molecular flexibility index (Phi) is 7.64. The molecule has 0 unspecified atom stereocenters. The van der Waals surface area contributed by atoms with Crippen LogP contribution in [0.15, 0.2) is 48.5 Å². The van der Waals surface area contributed by atoms with Crippen molar-refractivity contribution in [3.63, 3.8) is 0 Å². The average Bonchev–Trinajstić information content (AvgIpc) is 2.84. The number of nitrogens with one attached hydrogen (secondary N) is 1. The Hall–Kier alpha value is -3.39. The van der Waals surface area contributed by atoms with E-state index in [1.807, 2.05) is 32.9 Å². The molecule has 4 rings (SSSR count). The second kappa shape index (κ2) is 10.7. The largest absolute Gasteiger partial charge is 0.472 e. The lowest BCUT2D eigenvalue weighted by atomic mass is 10.0. The third-order valence-electron chi connectivity index (χ3n) is 5.71. The standard InChI is InChI=1S/C27H30ClFN4O3/c1-27(2,3)36-26(34)33-15-13-21(14-16-33)35-25-24(30-4)31-22(18-7-11-20(29)12-8-18)23(32-25)17-5-9-19(28)10-6-17/h5-12,21H,13-16H2,1-4H3,(H,30,31). The molecule has 3 aromatic rings. The topological polar surface area (TPSA) is 76.6 Å². The van der Waals surface area contributed by atoms with E-state index >= 15 is 0 Å². The molecule has 190 valence electrons. The molecular formula is C27H30ClFN4O3. The zero-order valence-corrected chi connectivity index (χ0v) is 21.6. The summed E-state index contributed by atoms with van der Waals surface area (Å²) in [4.78, 5) is 23.7. The highest BCUT2D eigenvalue weighted by Crippen LogP contribution is 2.35. The van der Waals surface area contributed by atoms with E-state index in [4.69, 9.17) is 31.0 Å². The van der Waals surface area contributed by atoms with Crippen LogP contribution < -0.4 is 10.1 Å². The van der Waals surface area contributed by atoms with Crippen LogP contribution in [-0.4, -0.2) is 52.8 Å². The number of likely N-dealkylation sites (tertiary alicyclic amines) is 1. The Morgan fingerprint density at radius 2 is 1.56 bits per heavy atom.